The summed E-state index contributed by atoms with van der Waals surface area (Å²) in [5.41, 5.74) is 1.58. The molecule has 0 bridgehead atoms. The monoisotopic (exact) mass is 620 g/mol. The lowest BCUT2D eigenvalue weighted by molar-refractivity contribution is -0.130. The van der Waals surface area contributed by atoms with Crippen LogP contribution < -0.4 is 10.6 Å². The molecule has 5 rings (SSSR count). The molecule has 0 saturated carbocycles. The molecule has 8 nitrogen and oxygen atoms in total. The van der Waals surface area contributed by atoms with Crippen LogP contribution in [-0.2, 0) is 20.8 Å². The predicted molar refractivity (Wildman–Crippen MR) is 162 cm³/mol. The summed E-state index contributed by atoms with van der Waals surface area (Å²) >= 11 is 14.7. The van der Waals surface area contributed by atoms with Crippen LogP contribution in [0.2, 0.25) is 10.0 Å². The molecular formula is C29H31Cl2FN4O4S. The van der Waals surface area contributed by atoms with Gasteiger partial charge in [0.15, 0.2) is 0 Å². The molecule has 3 aromatic rings. The molecule has 2 aromatic carbocycles. The van der Waals surface area contributed by atoms with Crippen LogP contribution >= 0.6 is 35.0 Å². The van der Waals surface area contributed by atoms with Crippen molar-refractivity contribution in [2.45, 2.75) is 43.5 Å². The average Bonchev–Trinajstić information content (AvgIpc) is 3.12. The summed E-state index contributed by atoms with van der Waals surface area (Å²) in [5, 5.41) is 1.12. The van der Waals surface area contributed by atoms with E-state index in [-0.39, 0.29) is 29.1 Å². The first-order chi connectivity index (χ1) is 19.6. The van der Waals surface area contributed by atoms with Crippen molar-refractivity contribution < 1.29 is 18.7 Å². The fourth-order valence-corrected chi connectivity index (χ4v) is 7.53. The molecular weight excluding hydrogens is 590 g/mol. The van der Waals surface area contributed by atoms with Crippen LogP contribution in [0.5, 0.6) is 0 Å². The lowest BCUT2D eigenvalue weighted by Gasteiger charge is -2.44. The van der Waals surface area contributed by atoms with E-state index in [1.54, 1.807) is 28.7 Å². The van der Waals surface area contributed by atoms with Gasteiger partial charge >= 0.3 is 5.69 Å². The first kappa shape index (κ1) is 29.8. The van der Waals surface area contributed by atoms with Crippen molar-refractivity contribution in [1.82, 2.24) is 14.5 Å². The van der Waals surface area contributed by atoms with Crippen LogP contribution in [0.4, 0.5) is 10.2 Å². The molecule has 2 aliphatic rings. The fraction of sp³-hybridized carbons (Fsp3) is 0.414. The molecule has 1 unspecified atom stereocenters. The number of anilines is 1. The number of carbonyl (C=O) groups excluding carboxylic acids is 1. The van der Waals surface area contributed by atoms with Crippen molar-refractivity contribution >= 4 is 57.6 Å². The van der Waals surface area contributed by atoms with Gasteiger partial charge in [0.1, 0.15) is 11.6 Å². The smallest absolute Gasteiger partial charge is 0.350 e. The van der Waals surface area contributed by atoms with Crippen LogP contribution in [0.25, 0.3) is 22.0 Å². The number of rotatable bonds is 7. The molecule has 1 fully saturated rings. The summed E-state index contributed by atoms with van der Waals surface area (Å²) in [7, 11) is 1.61. The van der Waals surface area contributed by atoms with Crippen molar-refractivity contribution in [1.29, 1.82) is 0 Å². The average molecular weight is 622 g/mol. The lowest BCUT2D eigenvalue weighted by Crippen LogP contribution is -2.58. The second kappa shape index (κ2) is 12.3. The van der Waals surface area contributed by atoms with Gasteiger partial charge in [0.05, 0.1) is 41.4 Å². The van der Waals surface area contributed by atoms with Gasteiger partial charge in [-0.1, -0.05) is 35.8 Å². The van der Waals surface area contributed by atoms with Gasteiger partial charge in [-0.25, -0.2) is 9.18 Å². The Morgan fingerprint density at radius 1 is 1.17 bits per heavy atom. The van der Waals surface area contributed by atoms with Crippen LogP contribution in [0.3, 0.4) is 0 Å². The Kier molecular flexibility index (Phi) is 8.96. The first-order valence-corrected chi connectivity index (χ1v) is 15.0. The van der Waals surface area contributed by atoms with Gasteiger partial charge in [0.2, 0.25) is 5.91 Å². The number of ether oxygens (including phenoxy) is 2. The summed E-state index contributed by atoms with van der Waals surface area (Å²) in [6, 6.07) is 6.02. The van der Waals surface area contributed by atoms with Crippen LogP contribution in [0.15, 0.2) is 46.6 Å². The molecule has 218 valence electrons. The number of methoxy groups -OCH3 is 1. The van der Waals surface area contributed by atoms with E-state index in [1.807, 2.05) is 24.8 Å². The SMILES string of the molecule is C=CC(=O)N1[C@H](C)CN(c2nc(=O)n3c4c(c(-c5ccc(F)c(Cl)c5)c(Cl)cc24)SCC(OCCOC)C3)C[C@@H]1C. The molecule has 0 N–H and O–H groups in total. The number of thioether (sulfide) groups is 1. The van der Waals surface area contributed by atoms with E-state index >= 15 is 0 Å². The molecule has 41 heavy (non-hydrogen) atoms. The summed E-state index contributed by atoms with van der Waals surface area (Å²) in [6.07, 6.45) is 1.04. The van der Waals surface area contributed by atoms with Crippen molar-refractivity contribution in [2.75, 3.05) is 44.1 Å². The number of piperazine rings is 1. The minimum atomic E-state index is -0.529. The van der Waals surface area contributed by atoms with Crippen molar-refractivity contribution in [2.24, 2.45) is 0 Å². The third-order valence-corrected chi connectivity index (χ3v) is 9.26. The van der Waals surface area contributed by atoms with E-state index < -0.39 is 11.5 Å². The second-order valence-corrected chi connectivity index (χ2v) is 12.1. The number of carbonyl (C=O) groups is 1. The highest BCUT2D eigenvalue weighted by molar-refractivity contribution is 7.99. The Morgan fingerprint density at radius 3 is 2.56 bits per heavy atom. The summed E-state index contributed by atoms with van der Waals surface area (Å²) in [6.45, 7) is 9.64. The molecule has 2 aliphatic heterocycles. The van der Waals surface area contributed by atoms with Gasteiger partial charge < -0.3 is 19.3 Å². The molecule has 0 radical (unpaired) electrons. The van der Waals surface area contributed by atoms with Crippen molar-refractivity contribution in [3.8, 4) is 11.1 Å². The first-order valence-electron chi connectivity index (χ1n) is 13.3. The minimum absolute atomic E-state index is 0.0204. The van der Waals surface area contributed by atoms with E-state index in [0.29, 0.717) is 66.1 Å². The fourth-order valence-electron chi connectivity index (χ4n) is 5.70. The summed E-state index contributed by atoms with van der Waals surface area (Å²) < 4.78 is 26.9. The molecule has 1 aromatic heterocycles. The number of amides is 1. The largest absolute Gasteiger partial charge is 0.382 e. The van der Waals surface area contributed by atoms with E-state index in [9.17, 15) is 14.0 Å². The molecule has 0 spiro atoms. The number of aromatic nitrogens is 2. The van der Waals surface area contributed by atoms with E-state index in [0.717, 1.165) is 10.3 Å². The topological polar surface area (TPSA) is 76.9 Å². The zero-order valence-electron chi connectivity index (χ0n) is 23.0. The number of halogens is 3. The van der Waals surface area contributed by atoms with Gasteiger partial charge in [-0.15, -0.1) is 11.8 Å². The van der Waals surface area contributed by atoms with Gasteiger partial charge in [-0.3, -0.25) is 9.36 Å². The van der Waals surface area contributed by atoms with Crippen LogP contribution in [-0.4, -0.2) is 77.7 Å². The highest BCUT2D eigenvalue weighted by atomic mass is 35.5. The summed E-state index contributed by atoms with van der Waals surface area (Å²) in [5.74, 6) is 0.399. The van der Waals surface area contributed by atoms with Crippen LogP contribution in [0.1, 0.15) is 13.8 Å². The Bertz CT molecular complexity index is 1560. The predicted octanol–water partition coefficient (Wildman–Crippen LogP) is 5.26. The molecule has 1 saturated heterocycles. The van der Waals surface area contributed by atoms with Crippen LogP contribution in [0, 0.1) is 5.82 Å². The molecule has 3 heterocycles. The van der Waals surface area contributed by atoms with Gasteiger partial charge in [0, 0.05) is 53.9 Å². The molecule has 0 aliphatic carbocycles. The molecule has 3 atom stereocenters. The number of hydrogen-bond donors (Lipinski definition) is 0. The van der Waals surface area contributed by atoms with Gasteiger partial charge in [-0.05, 0) is 43.7 Å². The lowest BCUT2D eigenvalue weighted by atomic mass is 10.0. The maximum atomic E-state index is 14.1. The van der Waals surface area contributed by atoms with Crippen molar-refractivity contribution in [3.63, 3.8) is 0 Å². The number of nitrogens with zero attached hydrogens (tertiary/aromatic N) is 4. The van der Waals surface area contributed by atoms with Gasteiger partial charge in [0.25, 0.3) is 0 Å². The Balaban J connectivity index is 1.69. The zero-order valence-corrected chi connectivity index (χ0v) is 25.4. The van der Waals surface area contributed by atoms with E-state index in [4.69, 9.17) is 32.7 Å². The maximum absolute atomic E-state index is 14.1. The highest BCUT2D eigenvalue weighted by Gasteiger charge is 2.35. The number of hydrogen-bond acceptors (Lipinski definition) is 7. The number of benzene rings is 2. The minimum Gasteiger partial charge on any atom is -0.382 e. The molecule has 12 heteroatoms. The zero-order chi connectivity index (χ0) is 29.4. The highest BCUT2D eigenvalue weighted by Crippen LogP contribution is 2.46. The second-order valence-electron chi connectivity index (χ2n) is 10.3. The van der Waals surface area contributed by atoms with Crippen molar-refractivity contribution in [3.05, 3.63) is 63.3 Å². The maximum Gasteiger partial charge on any atom is 0.350 e. The summed E-state index contributed by atoms with van der Waals surface area (Å²) in [4.78, 5) is 35.4. The standard InChI is InChI=1S/C29H31Cl2FN4O4S/c1-5-24(37)36-16(2)12-34(13-17(36)3)28-20-11-22(31)25(18-6-7-23(32)21(30)10-18)27-26(20)35(29(38)33-28)14-19(15-41-27)40-9-8-39-4/h5-7,10-11,16-17,19H,1,8-9,12-15H2,2-4H3/t16-,17+,19?. The third-order valence-electron chi connectivity index (χ3n) is 7.45. The Labute approximate surface area is 252 Å². The Morgan fingerprint density at radius 2 is 1.90 bits per heavy atom. The quantitative estimate of drug-likeness (QED) is 0.263. The molecule has 1 amide bonds. The normalized spacial score (nSPS) is 20.8. The third kappa shape index (κ3) is 5.72. The van der Waals surface area contributed by atoms with E-state index in [1.165, 1.54) is 23.9 Å². The van der Waals surface area contributed by atoms with Gasteiger partial charge in [-0.2, -0.15) is 4.98 Å². The Hall–Kier alpha value is -2.63. The van der Waals surface area contributed by atoms with E-state index in [2.05, 4.69) is 11.6 Å².